The van der Waals surface area contributed by atoms with Crippen molar-refractivity contribution in [3.63, 3.8) is 0 Å². The largest absolute Gasteiger partial charge is 0.477 e. The molecule has 3 heterocycles. The van der Waals surface area contributed by atoms with Gasteiger partial charge in [0.15, 0.2) is 6.23 Å². The molecule has 0 radical (unpaired) electrons. The Hall–Kier alpha value is -2.10. The van der Waals surface area contributed by atoms with Crippen molar-refractivity contribution in [1.82, 2.24) is 14.9 Å². The fraction of sp³-hybridized carbons (Fsp3) is 0.714. The molecule has 11 atom stereocenters. The third-order valence-corrected chi connectivity index (χ3v) is 7.75. The van der Waals surface area contributed by atoms with Gasteiger partial charge in [-0.3, -0.25) is 13.9 Å². The summed E-state index contributed by atoms with van der Waals surface area (Å²) in [4.78, 5) is 50.2. The molecule has 0 aliphatic carbocycles. The van der Waals surface area contributed by atoms with Gasteiger partial charge < -0.3 is 55.4 Å². The molecule has 1 aromatic rings. The van der Waals surface area contributed by atoms with Gasteiger partial charge >= 0.3 is 19.5 Å². The number of ether oxygens (including phenoxy) is 2. The molecule has 0 saturated carbocycles. The zero-order chi connectivity index (χ0) is 31.6. The quantitative estimate of drug-likeness (QED) is 0.0765. The molecule has 0 aromatic carbocycles. The van der Waals surface area contributed by atoms with E-state index in [0.29, 0.717) is 5.69 Å². The van der Waals surface area contributed by atoms with Crippen LogP contribution in [0.25, 0.3) is 0 Å². The van der Waals surface area contributed by atoms with Gasteiger partial charge in [0.2, 0.25) is 5.91 Å². The highest BCUT2D eigenvalue weighted by atomic mass is 35.5. The molecule has 2 fully saturated rings. The first-order valence-corrected chi connectivity index (χ1v) is 14.3. The van der Waals surface area contributed by atoms with Crippen molar-refractivity contribution in [3.05, 3.63) is 28.4 Å². The van der Waals surface area contributed by atoms with Crippen molar-refractivity contribution in [2.75, 3.05) is 19.1 Å². The summed E-state index contributed by atoms with van der Waals surface area (Å²) in [6.07, 6.45) is -14.6. The maximum absolute atomic E-state index is 12.8. The Bertz CT molecular complexity index is 1240. The van der Waals surface area contributed by atoms with Crippen LogP contribution in [0, 0.1) is 6.92 Å². The standard InChI is InChI=1S/C21H31ClN3O16P/c1-8-2-3-25(20(35)23-8)18-16(32)15(31)11(39-18)7-38-42(36,37)41-21(19(33)34)4-9(27)13(24-12(29)5-22)17(40-21)14(30)10(28)6-26/h2-3,9-11,13-18,26-28,30-32H,4-7H2,1H3,(H,24,29)(H,33,34)(H,36,37)/t9-,10-,11?,13-,14-,15-,16-,17?,18?,21-/m1/s1. The van der Waals surface area contributed by atoms with Crippen LogP contribution in [0.2, 0.25) is 0 Å². The number of halogens is 1. The topological polar surface area (TPSA) is 297 Å². The second-order valence-corrected chi connectivity index (χ2v) is 11.2. The number of phosphoric ester groups is 1. The normalized spacial score (nSPS) is 34.4. The number of aromatic nitrogens is 2. The van der Waals surface area contributed by atoms with E-state index in [4.69, 9.17) is 30.1 Å². The Morgan fingerprint density at radius 1 is 1.31 bits per heavy atom. The minimum absolute atomic E-state index is 0.360. The molecule has 3 rings (SSSR count). The SMILES string of the molecule is Cc1ccn(C2OC(COP(=O)(O)O[C@@]3(C(=O)O)C[C@@H](O)[C@@H](NC(=O)CCl)C([C@H](O)[C@H](O)CO)O3)[C@@H](O)[C@H]2O)c(=O)n1. The molecule has 9 N–H and O–H groups in total. The van der Waals surface area contributed by atoms with Crippen LogP contribution in [0.4, 0.5) is 0 Å². The predicted octanol–water partition coefficient (Wildman–Crippen LogP) is -4.33. The minimum atomic E-state index is -5.53. The number of aryl methyl sites for hydroxylation is 1. The molecule has 2 saturated heterocycles. The number of amides is 1. The molecular weight excluding hydrogens is 617 g/mol. The summed E-state index contributed by atoms with van der Waals surface area (Å²) < 4.78 is 33.9. The van der Waals surface area contributed by atoms with Crippen molar-refractivity contribution >= 4 is 31.3 Å². The van der Waals surface area contributed by atoms with E-state index in [1.807, 2.05) is 0 Å². The number of phosphoric acid groups is 1. The lowest BCUT2D eigenvalue weighted by molar-refractivity contribution is -0.289. The van der Waals surface area contributed by atoms with Gasteiger partial charge in [-0.2, -0.15) is 4.98 Å². The third-order valence-electron chi connectivity index (χ3n) is 6.51. The number of carboxylic acids is 1. The highest BCUT2D eigenvalue weighted by molar-refractivity contribution is 7.47. The van der Waals surface area contributed by atoms with Gasteiger partial charge in [0.05, 0.1) is 25.4 Å². The number of hydrogen-bond donors (Lipinski definition) is 9. The van der Waals surface area contributed by atoms with E-state index in [-0.39, 0.29) is 0 Å². The maximum Gasteiger partial charge on any atom is 0.475 e. The summed E-state index contributed by atoms with van der Waals surface area (Å²) in [6.45, 7) is -0.537. The molecule has 1 aromatic heterocycles. The number of nitrogens with zero attached hydrogens (tertiary/aromatic N) is 2. The molecule has 2 aliphatic heterocycles. The number of aliphatic carboxylic acids is 1. The van der Waals surface area contributed by atoms with Gasteiger partial charge in [0, 0.05) is 18.3 Å². The number of carbonyl (C=O) groups is 2. The van der Waals surface area contributed by atoms with Crippen LogP contribution in [-0.2, 0) is 32.7 Å². The summed E-state index contributed by atoms with van der Waals surface area (Å²) in [6, 6.07) is -0.217. The molecule has 1 amide bonds. The Kier molecular flexibility index (Phi) is 11.2. The van der Waals surface area contributed by atoms with Gasteiger partial charge in [-0.1, -0.05) is 0 Å². The van der Waals surface area contributed by atoms with Crippen LogP contribution in [-0.4, -0.2) is 136 Å². The van der Waals surface area contributed by atoms with E-state index in [1.54, 1.807) is 0 Å². The number of aliphatic hydroxyl groups excluding tert-OH is 6. The monoisotopic (exact) mass is 647 g/mol. The lowest BCUT2D eigenvalue weighted by Gasteiger charge is -2.46. The molecule has 238 valence electrons. The fourth-order valence-electron chi connectivity index (χ4n) is 4.38. The van der Waals surface area contributed by atoms with Crippen molar-refractivity contribution < 1.29 is 73.3 Å². The number of carbonyl (C=O) groups excluding carboxylic acids is 1. The molecule has 2 aliphatic rings. The highest BCUT2D eigenvalue weighted by Crippen LogP contribution is 2.51. The number of nitrogens with one attached hydrogen (secondary N) is 1. The second kappa shape index (κ2) is 13.7. The fourth-order valence-corrected chi connectivity index (χ4v) is 5.41. The van der Waals surface area contributed by atoms with Gasteiger partial charge in [-0.15, -0.1) is 11.6 Å². The van der Waals surface area contributed by atoms with E-state index in [9.17, 15) is 59.6 Å². The zero-order valence-corrected chi connectivity index (χ0v) is 23.4. The van der Waals surface area contributed by atoms with Gasteiger partial charge in [0.25, 0.3) is 5.79 Å². The van der Waals surface area contributed by atoms with Crippen LogP contribution >= 0.6 is 19.4 Å². The number of aliphatic hydroxyl groups is 6. The first-order valence-electron chi connectivity index (χ1n) is 12.2. The second-order valence-electron chi connectivity index (χ2n) is 9.54. The average Bonchev–Trinajstić information content (AvgIpc) is 3.20. The van der Waals surface area contributed by atoms with E-state index >= 15 is 0 Å². The van der Waals surface area contributed by atoms with Crippen LogP contribution in [0.1, 0.15) is 18.3 Å². The van der Waals surface area contributed by atoms with E-state index in [1.165, 1.54) is 19.2 Å². The van der Waals surface area contributed by atoms with E-state index in [2.05, 4.69) is 10.3 Å². The van der Waals surface area contributed by atoms with Crippen molar-refractivity contribution in [2.45, 2.75) is 74.1 Å². The summed E-state index contributed by atoms with van der Waals surface area (Å²) in [7, 11) is -5.53. The predicted molar refractivity (Wildman–Crippen MR) is 134 cm³/mol. The van der Waals surface area contributed by atoms with Crippen LogP contribution in [0.3, 0.4) is 0 Å². The first kappa shape index (κ1) is 34.4. The number of rotatable bonds is 12. The van der Waals surface area contributed by atoms with Crippen molar-refractivity contribution in [3.8, 4) is 0 Å². The lowest BCUT2D eigenvalue weighted by Crippen LogP contribution is -2.68. The molecule has 19 nitrogen and oxygen atoms in total. The Morgan fingerprint density at radius 2 is 1.98 bits per heavy atom. The van der Waals surface area contributed by atoms with Crippen LogP contribution in [0.15, 0.2) is 17.1 Å². The van der Waals surface area contributed by atoms with Gasteiger partial charge in [-0.05, 0) is 13.0 Å². The van der Waals surface area contributed by atoms with Crippen LogP contribution < -0.4 is 11.0 Å². The molecule has 0 spiro atoms. The van der Waals surface area contributed by atoms with Crippen molar-refractivity contribution in [1.29, 1.82) is 0 Å². The molecule has 4 unspecified atom stereocenters. The average molecular weight is 648 g/mol. The summed E-state index contributed by atoms with van der Waals surface area (Å²) in [5, 5.41) is 72.9. The number of carboxylic acid groups (broad SMARTS) is 1. The summed E-state index contributed by atoms with van der Waals surface area (Å²) >= 11 is 5.44. The third kappa shape index (κ3) is 7.51. The van der Waals surface area contributed by atoms with Gasteiger partial charge in [0.1, 0.15) is 42.5 Å². The molecule has 42 heavy (non-hydrogen) atoms. The molecule has 0 bridgehead atoms. The smallest absolute Gasteiger partial charge is 0.475 e. The maximum atomic E-state index is 12.8. The van der Waals surface area contributed by atoms with Crippen molar-refractivity contribution in [2.24, 2.45) is 0 Å². The summed E-state index contributed by atoms with van der Waals surface area (Å²) in [5.74, 6) is -6.87. The lowest BCUT2D eigenvalue weighted by atomic mass is 9.88. The van der Waals surface area contributed by atoms with Crippen LogP contribution in [0.5, 0.6) is 0 Å². The van der Waals surface area contributed by atoms with E-state index < -0.39 is 112 Å². The molecule has 21 heteroatoms. The number of alkyl halides is 1. The Labute approximate surface area is 241 Å². The van der Waals surface area contributed by atoms with Gasteiger partial charge in [-0.25, -0.2) is 18.7 Å². The Morgan fingerprint density at radius 3 is 2.55 bits per heavy atom. The zero-order valence-electron chi connectivity index (χ0n) is 21.7. The first-order chi connectivity index (χ1) is 19.6. The molecular formula is C21H31ClN3O16P. The Balaban J connectivity index is 1.79. The highest BCUT2D eigenvalue weighted by Gasteiger charge is 2.59. The van der Waals surface area contributed by atoms with E-state index in [0.717, 1.165) is 4.57 Å². The minimum Gasteiger partial charge on any atom is -0.477 e. The number of hydrogen-bond acceptors (Lipinski definition) is 15. The summed E-state index contributed by atoms with van der Waals surface area (Å²) in [5.41, 5.74) is -0.470.